The molecule has 0 aromatic rings. The van der Waals surface area contributed by atoms with Gasteiger partial charge in [0.25, 0.3) is 0 Å². The SMILES string of the molecule is CCOC(=O)CCNC(=S)N1CCCN1C(=O)CCCCC(=O)OC. The van der Waals surface area contributed by atoms with Crippen molar-refractivity contribution in [3.05, 3.63) is 0 Å². The van der Waals surface area contributed by atoms with E-state index in [0.29, 0.717) is 57.0 Å². The van der Waals surface area contributed by atoms with Crippen LogP contribution in [-0.2, 0) is 23.9 Å². The summed E-state index contributed by atoms with van der Waals surface area (Å²) >= 11 is 5.32. The number of hydrogen-bond donors (Lipinski definition) is 1. The molecule has 0 aromatic carbocycles. The number of rotatable bonds is 9. The van der Waals surface area contributed by atoms with Gasteiger partial charge in [-0.2, -0.15) is 0 Å². The highest BCUT2D eigenvalue weighted by molar-refractivity contribution is 7.80. The van der Waals surface area contributed by atoms with Crippen LogP contribution >= 0.6 is 12.2 Å². The maximum absolute atomic E-state index is 12.3. The summed E-state index contributed by atoms with van der Waals surface area (Å²) in [5.41, 5.74) is 0. The molecule has 1 amide bonds. The van der Waals surface area contributed by atoms with E-state index in [0.717, 1.165) is 6.42 Å². The quantitative estimate of drug-likeness (QED) is 0.364. The Morgan fingerprint density at radius 1 is 1.04 bits per heavy atom. The molecule has 0 atom stereocenters. The molecule has 0 unspecified atom stereocenters. The number of methoxy groups -OCH3 is 1. The molecule has 0 spiro atoms. The first-order valence-corrected chi connectivity index (χ1v) is 8.98. The Kier molecular flexibility index (Phi) is 9.83. The monoisotopic (exact) mass is 373 g/mol. The molecule has 1 fully saturated rings. The van der Waals surface area contributed by atoms with Crippen molar-refractivity contribution in [2.24, 2.45) is 0 Å². The molecule has 8 nitrogen and oxygen atoms in total. The van der Waals surface area contributed by atoms with Gasteiger partial charge in [-0.3, -0.25) is 24.4 Å². The average molecular weight is 373 g/mol. The number of thiocarbonyl (C=S) groups is 1. The van der Waals surface area contributed by atoms with E-state index in [2.05, 4.69) is 10.1 Å². The Labute approximate surface area is 153 Å². The fourth-order valence-corrected chi connectivity index (χ4v) is 2.75. The van der Waals surface area contributed by atoms with E-state index in [4.69, 9.17) is 17.0 Å². The fourth-order valence-electron chi connectivity index (χ4n) is 2.45. The summed E-state index contributed by atoms with van der Waals surface area (Å²) in [6, 6.07) is 0. The van der Waals surface area contributed by atoms with Crippen LogP contribution in [0.5, 0.6) is 0 Å². The van der Waals surface area contributed by atoms with Crippen molar-refractivity contribution in [1.82, 2.24) is 15.3 Å². The van der Waals surface area contributed by atoms with E-state index in [1.807, 2.05) is 0 Å². The minimum Gasteiger partial charge on any atom is -0.469 e. The van der Waals surface area contributed by atoms with Gasteiger partial charge in [0.05, 0.1) is 20.1 Å². The molecule has 1 saturated heterocycles. The average Bonchev–Trinajstić information content (AvgIpc) is 3.08. The van der Waals surface area contributed by atoms with Crippen molar-refractivity contribution in [2.45, 2.75) is 45.4 Å². The van der Waals surface area contributed by atoms with Gasteiger partial charge in [-0.1, -0.05) is 0 Å². The second kappa shape index (κ2) is 11.6. The van der Waals surface area contributed by atoms with Crippen LogP contribution < -0.4 is 5.32 Å². The first-order chi connectivity index (χ1) is 12.0. The molecule has 25 heavy (non-hydrogen) atoms. The van der Waals surface area contributed by atoms with Crippen molar-refractivity contribution < 1.29 is 23.9 Å². The number of nitrogens with one attached hydrogen (secondary N) is 1. The van der Waals surface area contributed by atoms with Crippen molar-refractivity contribution in [2.75, 3.05) is 33.4 Å². The lowest BCUT2D eigenvalue weighted by Crippen LogP contribution is -2.49. The Morgan fingerprint density at radius 3 is 2.40 bits per heavy atom. The second-order valence-corrected chi connectivity index (χ2v) is 5.95. The number of unbranched alkanes of at least 4 members (excludes halogenated alkanes) is 1. The van der Waals surface area contributed by atoms with Crippen molar-refractivity contribution in [3.63, 3.8) is 0 Å². The van der Waals surface area contributed by atoms with Gasteiger partial charge in [0, 0.05) is 32.5 Å². The van der Waals surface area contributed by atoms with Gasteiger partial charge in [0.2, 0.25) is 5.91 Å². The van der Waals surface area contributed by atoms with Crippen LogP contribution in [0.3, 0.4) is 0 Å². The zero-order valence-electron chi connectivity index (χ0n) is 14.9. The molecular weight excluding hydrogens is 346 g/mol. The molecule has 0 aromatic heterocycles. The number of carbonyl (C=O) groups is 3. The topological polar surface area (TPSA) is 88.2 Å². The molecular formula is C16H27N3O5S. The fraction of sp³-hybridized carbons (Fsp3) is 0.750. The first-order valence-electron chi connectivity index (χ1n) is 8.57. The third-order valence-corrected chi connectivity index (χ3v) is 4.07. The highest BCUT2D eigenvalue weighted by Gasteiger charge is 2.28. The standard InChI is InChI=1S/C16H27N3O5S/c1-3-24-15(22)9-10-17-16(25)19-12-6-11-18(19)13(20)7-4-5-8-14(21)23-2/h3-12H2,1-2H3,(H,17,25). The smallest absolute Gasteiger partial charge is 0.307 e. The number of ether oxygens (including phenoxy) is 2. The zero-order valence-corrected chi connectivity index (χ0v) is 15.7. The van der Waals surface area contributed by atoms with Crippen LogP contribution in [0.2, 0.25) is 0 Å². The summed E-state index contributed by atoms with van der Waals surface area (Å²) < 4.78 is 9.43. The van der Waals surface area contributed by atoms with Gasteiger partial charge in [0.1, 0.15) is 0 Å². The van der Waals surface area contributed by atoms with Crippen LogP contribution in [0, 0.1) is 0 Å². The molecule has 0 aliphatic carbocycles. The second-order valence-electron chi connectivity index (χ2n) is 5.56. The van der Waals surface area contributed by atoms with Crippen LogP contribution in [0.25, 0.3) is 0 Å². The van der Waals surface area contributed by atoms with E-state index in [-0.39, 0.29) is 24.3 Å². The summed E-state index contributed by atoms with van der Waals surface area (Å²) in [7, 11) is 1.35. The molecule has 9 heteroatoms. The maximum atomic E-state index is 12.3. The van der Waals surface area contributed by atoms with Crippen molar-refractivity contribution in [1.29, 1.82) is 0 Å². The Bertz CT molecular complexity index is 486. The molecule has 142 valence electrons. The third-order valence-electron chi connectivity index (χ3n) is 3.71. The Balaban J connectivity index is 2.33. The molecule has 1 rings (SSSR count). The van der Waals surface area contributed by atoms with Crippen molar-refractivity contribution in [3.8, 4) is 0 Å². The lowest BCUT2D eigenvalue weighted by atomic mass is 10.2. The summed E-state index contributed by atoms with van der Waals surface area (Å²) in [6.45, 7) is 3.77. The minimum atomic E-state index is -0.280. The van der Waals surface area contributed by atoms with Gasteiger partial charge in [-0.15, -0.1) is 0 Å². The number of nitrogens with zero attached hydrogens (tertiary/aromatic N) is 2. The van der Waals surface area contributed by atoms with Gasteiger partial charge < -0.3 is 14.8 Å². The largest absolute Gasteiger partial charge is 0.469 e. The highest BCUT2D eigenvalue weighted by atomic mass is 32.1. The third kappa shape index (κ3) is 7.68. The van der Waals surface area contributed by atoms with Crippen LogP contribution in [0.1, 0.15) is 45.4 Å². The number of hydrogen-bond acceptors (Lipinski definition) is 6. The number of esters is 2. The first kappa shape index (κ1) is 21.1. The van der Waals surface area contributed by atoms with Gasteiger partial charge in [-0.25, -0.2) is 0 Å². The zero-order chi connectivity index (χ0) is 18.7. The van der Waals surface area contributed by atoms with E-state index < -0.39 is 0 Å². The Morgan fingerprint density at radius 2 is 1.72 bits per heavy atom. The van der Waals surface area contributed by atoms with E-state index in [1.54, 1.807) is 16.9 Å². The lowest BCUT2D eigenvalue weighted by Gasteiger charge is -2.30. The van der Waals surface area contributed by atoms with Gasteiger partial charge >= 0.3 is 11.9 Å². The molecule has 0 bridgehead atoms. The molecule has 0 radical (unpaired) electrons. The van der Waals surface area contributed by atoms with Gasteiger partial charge in [0.15, 0.2) is 5.11 Å². The van der Waals surface area contributed by atoms with Crippen LogP contribution in [-0.4, -0.2) is 66.3 Å². The van der Waals surface area contributed by atoms with Gasteiger partial charge in [-0.05, 0) is 38.4 Å². The highest BCUT2D eigenvalue weighted by Crippen LogP contribution is 2.14. The molecule has 1 aliphatic rings. The normalized spacial score (nSPS) is 13.5. The predicted octanol–water partition coefficient (Wildman–Crippen LogP) is 0.997. The van der Waals surface area contributed by atoms with Crippen molar-refractivity contribution >= 4 is 35.2 Å². The number of amides is 1. The van der Waals surface area contributed by atoms with E-state index >= 15 is 0 Å². The Hall–Kier alpha value is -1.90. The summed E-state index contributed by atoms with van der Waals surface area (Å²) in [5, 5.41) is 6.80. The van der Waals surface area contributed by atoms with E-state index in [9.17, 15) is 14.4 Å². The van der Waals surface area contributed by atoms with Crippen LogP contribution in [0.15, 0.2) is 0 Å². The number of carbonyl (C=O) groups excluding carboxylic acids is 3. The maximum Gasteiger partial charge on any atom is 0.307 e. The molecule has 1 heterocycles. The number of hydrazine groups is 1. The predicted molar refractivity (Wildman–Crippen MR) is 95.4 cm³/mol. The summed E-state index contributed by atoms with van der Waals surface area (Å²) in [5.74, 6) is -0.558. The molecule has 1 N–H and O–H groups in total. The van der Waals surface area contributed by atoms with Crippen LogP contribution in [0.4, 0.5) is 0 Å². The molecule has 1 aliphatic heterocycles. The van der Waals surface area contributed by atoms with E-state index in [1.165, 1.54) is 7.11 Å². The summed E-state index contributed by atoms with van der Waals surface area (Å²) in [4.78, 5) is 34.7. The lowest BCUT2D eigenvalue weighted by molar-refractivity contribution is -0.143. The molecule has 0 saturated carbocycles. The minimum absolute atomic E-state index is 0.0168. The summed E-state index contributed by atoms with van der Waals surface area (Å²) in [6.07, 6.45) is 2.99.